The van der Waals surface area contributed by atoms with Gasteiger partial charge >= 0.3 is 6.03 Å². The number of rotatable bonds is 3. The molecule has 1 aromatic carbocycles. The molecule has 0 spiro atoms. The molecule has 0 aromatic heterocycles. The Hall–Kier alpha value is -1.10. The number of hydrogen-bond donors (Lipinski definition) is 1. The molecule has 0 atom stereocenters. The van der Waals surface area contributed by atoms with Gasteiger partial charge < -0.3 is 5.73 Å². The van der Waals surface area contributed by atoms with Gasteiger partial charge in [0.1, 0.15) is 5.82 Å². The van der Waals surface area contributed by atoms with Gasteiger partial charge in [0, 0.05) is 11.0 Å². The van der Waals surface area contributed by atoms with Crippen LogP contribution in [0.25, 0.3) is 0 Å². The van der Waals surface area contributed by atoms with E-state index in [0.717, 1.165) is 12.8 Å². The van der Waals surface area contributed by atoms with Crippen LogP contribution in [0.3, 0.4) is 0 Å². The molecule has 3 nitrogen and oxygen atoms in total. The number of halogens is 2. The van der Waals surface area contributed by atoms with E-state index in [1.54, 1.807) is 12.1 Å². The molecule has 2 amide bonds. The van der Waals surface area contributed by atoms with E-state index in [0.29, 0.717) is 16.9 Å². The SMILES string of the molecule is NC(=O)N(CC1CCCC1)c1ccc(Br)cc1F. The van der Waals surface area contributed by atoms with Crippen LogP contribution in [0.1, 0.15) is 25.7 Å². The van der Waals surface area contributed by atoms with Crippen LogP contribution in [0.15, 0.2) is 22.7 Å². The van der Waals surface area contributed by atoms with E-state index in [1.807, 2.05) is 0 Å². The minimum absolute atomic E-state index is 0.262. The molecule has 0 bridgehead atoms. The van der Waals surface area contributed by atoms with Gasteiger partial charge in [0.25, 0.3) is 0 Å². The average Bonchev–Trinajstić information content (AvgIpc) is 2.79. The van der Waals surface area contributed by atoms with Crippen molar-refractivity contribution in [2.75, 3.05) is 11.4 Å². The summed E-state index contributed by atoms with van der Waals surface area (Å²) in [5.74, 6) is 0.00159. The number of hydrogen-bond acceptors (Lipinski definition) is 1. The molecule has 0 unspecified atom stereocenters. The van der Waals surface area contributed by atoms with Crippen LogP contribution < -0.4 is 10.6 Å². The van der Waals surface area contributed by atoms with Crippen molar-refractivity contribution >= 4 is 27.6 Å². The maximum Gasteiger partial charge on any atom is 0.319 e. The standard InChI is InChI=1S/C13H16BrFN2O/c14-10-5-6-12(11(15)7-10)17(13(16)18)8-9-3-1-2-4-9/h5-7,9H,1-4,8H2,(H2,16,18). The summed E-state index contributed by atoms with van der Waals surface area (Å²) in [7, 11) is 0. The number of benzene rings is 1. The van der Waals surface area contributed by atoms with E-state index in [2.05, 4.69) is 15.9 Å². The summed E-state index contributed by atoms with van der Waals surface area (Å²) in [6, 6.07) is 4.05. The quantitative estimate of drug-likeness (QED) is 0.909. The predicted octanol–water partition coefficient (Wildman–Crippen LogP) is 3.66. The third kappa shape index (κ3) is 3.02. The lowest BCUT2D eigenvalue weighted by atomic mass is 10.1. The first kappa shape index (κ1) is 13.3. The normalized spacial score (nSPS) is 15.9. The van der Waals surface area contributed by atoms with Gasteiger partial charge in [-0.25, -0.2) is 9.18 Å². The molecular formula is C13H16BrFN2O. The second-order valence-electron chi connectivity index (χ2n) is 4.70. The molecule has 0 aliphatic heterocycles. The van der Waals surface area contributed by atoms with Crippen molar-refractivity contribution in [3.8, 4) is 0 Å². The third-order valence-corrected chi connectivity index (χ3v) is 3.88. The van der Waals surface area contributed by atoms with Crippen LogP contribution in [0.5, 0.6) is 0 Å². The van der Waals surface area contributed by atoms with Crippen LogP contribution in [-0.2, 0) is 0 Å². The highest BCUT2D eigenvalue weighted by Gasteiger charge is 2.23. The summed E-state index contributed by atoms with van der Waals surface area (Å²) >= 11 is 3.20. The van der Waals surface area contributed by atoms with Crippen LogP contribution in [0.4, 0.5) is 14.9 Å². The first-order valence-corrected chi connectivity index (χ1v) is 6.89. The van der Waals surface area contributed by atoms with Crippen LogP contribution >= 0.6 is 15.9 Å². The van der Waals surface area contributed by atoms with Crippen LogP contribution in [-0.4, -0.2) is 12.6 Å². The number of carbonyl (C=O) groups excluding carboxylic acids is 1. The van der Waals surface area contributed by atoms with Gasteiger partial charge in [0.05, 0.1) is 5.69 Å². The molecule has 1 aliphatic carbocycles. The van der Waals surface area contributed by atoms with Gasteiger partial charge in [-0.15, -0.1) is 0 Å². The summed E-state index contributed by atoms with van der Waals surface area (Å²) in [5, 5.41) is 0. The van der Waals surface area contributed by atoms with E-state index < -0.39 is 11.8 Å². The summed E-state index contributed by atoms with van der Waals surface area (Å²) in [6.45, 7) is 0.508. The van der Waals surface area contributed by atoms with Crippen molar-refractivity contribution < 1.29 is 9.18 Å². The molecule has 1 aromatic rings. The smallest absolute Gasteiger partial charge is 0.319 e. The Balaban J connectivity index is 2.20. The molecule has 1 aliphatic rings. The fraction of sp³-hybridized carbons (Fsp3) is 0.462. The second kappa shape index (κ2) is 5.69. The van der Waals surface area contributed by atoms with Crippen LogP contribution in [0, 0.1) is 11.7 Å². The minimum atomic E-state index is -0.594. The lowest BCUT2D eigenvalue weighted by Crippen LogP contribution is -2.39. The molecule has 2 rings (SSSR count). The minimum Gasteiger partial charge on any atom is -0.351 e. The second-order valence-corrected chi connectivity index (χ2v) is 5.61. The maximum absolute atomic E-state index is 13.9. The Morgan fingerprint density at radius 3 is 2.67 bits per heavy atom. The highest BCUT2D eigenvalue weighted by atomic mass is 79.9. The van der Waals surface area contributed by atoms with Gasteiger partial charge in [-0.2, -0.15) is 0 Å². The Kier molecular flexibility index (Phi) is 4.22. The van der Waals surface area contributed by atoms with Gasteiger partial charge in [0.2, 0.25) is 0 Å². The van der Waals surface area contributed by atoms with E-state index in [-0.39, 0.29) is 5.69 Å². The molecule has 0 radical (unpaired) electrons. The van der Waals surface area contributed by atoms with Gasteiger partial charge in [0.15, 0.2) is 0 Å². The Morgan fingerprint density at radius 1 is 1.44 bits per heavy atom. The largest absolute Gasteiger partial charge is 0.351 e. The molecule has 1 fully saturated rings. The highest BCUT2D eigenvalue weighted by molar-refractivity contribution is 9.10. The van der Waals surface area contributed by atoms with Crippen molar-refractivity contribution in [3.05, 3.63) is 28.5 Å². The maximum atomic E-state index is 13.9. The zero-order chi connectivity index (χ0) is 13.1. The molecule has 0 saturated heterocycles. The average molecular weight is 315 g/mol. The summed E-state index contributed by atoms with van der Waals surface area (Å²) < 4.78 is 14.5. The fourth-order valence-corrected chi connectivity index (χ4v) is 2.79. The van der Waals surface area contributed by atoms with Gasteiger partial charge in [-0.3, -0.25) is 4.90 Å². The Morgan fingerprint density at radius 2 is 2.11 bits per heavy atom. The summed E-state index contributed by atoms with van der Waals surface area (Å²) in [4.78, 5) is 12.8. The topological polar surface area (TPSA) is 46.3 Å². The number of nitrogens with zero attached hydrogens (tertiary/aromatic N) is 1. The number of carbonyl (C=O) groups is 1. The lowest BCUT2D eigenvalue weighted by molar-refractivity contribution is 0.252. The van der Waals surface area contributed by atoms with E-state index in [4.69, 9.17) is 5.73 Å². The van der Waals surface area contributed by atoms with E-state index in [1.165, 1.54) is 23.8 Å². The molecule has 1 saturated carbocycles. The van der Waals surface area contributed by atoms with Crippen molar-refractivity contribution in [2.45, 2.75) is 25.7 Å². The molecule has 98 valence electrons. The highest BCUT2D eigenvalue weighted by Crippen LogP contribution is 2.29. The van der Waals surface area contributed by atoms with E-state index >= 15 is 0 Å². The van der Waals surface area contributed by atoms with Crippen molar-refractivity contribution in [1.29, 1.82) is 0 Å². The number of amides is 2. The fourth-order valence-electron chi connectivity index (χ4n) is 2.46. The number of nitrogens with two attached hydrogens (primary N) is 1. The molecule has 0 heterocycles. The molecule has 18 heavy (non-hydrogen) atoms. The van der Waals surface area contributed by atoms with E-state index in [9.17, 15) is 9.18 Å². The monoisotopic (exact) mass is 314 g/mol. The van der Waals surface area contributed by atoms with Crippen molar-refractivity contribution in [3.63, 3.8) is 0 Å². The summed E-state index contributed by atoms with van der Waals surface area (Å²) in [5.41, 5.74) is 5.62. The Labute approximate surface area is 114 Å². The number of urea groups is 1. The molecule has 5 heteroatoms. The molecule has 2 N–H and O–H groups in total. The predicted molar refractivity (Wildman–Crippen MR) is 73.0 cm³/mol. The van der Waals surface area contributed by atoms with Crippen LogP contribution in [0.2, 0.25) is 0 Å². The van der Waals surface area contributed by atoms with Gasteiger partial charge in [-0.1, -0.05) is 28.8 Å². The first-order chi connectivity index (χ1) is 8.58. The zero-order valence-corrected chi connectivity index (χ0v) is 11.6. The van der Waals surface area contributed by atoms with Gasteiger partial charge in [-0.05, 0) is 37.0 Å². The zero-order valence-electron chi connectivity index (χ0n) is 10.0. The Bertz CT molecular complexity index is 447. The number of primary amides is 1. The number of anilines is 1. The third-order valence-electron chi connectivity index (χ3n) is 3.38. The van der Waals surface area contributed by atoms with Crippen molar-refractivity contribution in [1.82, 2.24) is 0 Å². The van der Waals surface area contributed by atoms with Crippen molar-refractivity contribution in [2.24, 2.45) is 11.7 Å². The molecular weight excluding hydrogens is 299 g/mol. The summed E-state index contributed by atoms with van der Waals surface area (Å²) in [6.07, 6.45) is 4.53. The first-order valence-electron chi connectivity index (χ1n) is 6.10. The lowest BCUT2D eigenvalue weighted by Gasteiger charge is -2.24.